The molecule has 0 spiro atoms. The first-order valence-corrected chi connectivity index (χ1v) is 4.51. The molecule has 0 atom stereocenters. The molecule has 5 nitrogen and oxygen atoms in total. The maximum absolute atomic E-state index is 10.8. The summed E-state index contributed by atoms with van der Waals surface area (Å²) in [5, 5.41) is 17.4. The summed E-state index contributed by atoms with van der Waals surface area (Å²) in [6.07, 6.45) is 1.23. The summed E-state index contributed by atoms with van der Waals surface area (Å²) in [4.78, 5) is 21.3. The molecule has 0 saturated carbocycles. The average molecular weight is 262 g/mol. The lowest BCUT2D eigenvalue weighted by atomic mass is 10.2. The first kappa shape index (κ1) is 10.8. The Hall–Kier alpha value is -1.30. The standard InChI is InChI=1S/C8H8BrNO4/c1-10-3-4(9)7(8(13)14)5(10)2-6(11)12/h3H,2H2,1H3,(H,11,12)(H,13,14). The molecule has 0 amide bonds. The highest BCUT2D eigenvalue weighted by Crippen LogP contribution is 2.22. The van der Waals surface area contributed by atoms with Gasteiger partial charge in [-0.15, -0.1) is 0 Å². The third-order valence-electron chi connectivity index (χ3n) is 1.79. The van der Waals surface area contributed by atoms with E-state index in [1.807, 2.05) is 0 Å². The number of aliphatic carboxylic acids is 1. The van der Waals surface area contributed by atoms with E-state index < -0.39 is 11.9 Å². The predicted molar refractivity (Wildman–Crippen MR) is 51.4 cm³/mol. The van der Waals surface area contributed by atoms with E-state index in [-0.39, 0.29) is 17.7 Å². The number of halogens is 1. The first-order chi connectivity index (χ1) is 6.43. The van der Waals surface area contributed by atoms with Gasteiger partial charge in [0.2, 0.25) is 0 Å². The minimum atomic E-state index is -1.13. The number of hydrogen-bond donors (Lipinski definition) is 2. The molecule has 0 aliphatic rings. The lowest BCUT2D eigenvalue weighted by molar-refractivity contribution is -0.136. The summed E-state index contributed by atoms with van der Waals surface area (Å²) in [6.45, 7) is 0. The molecule has 0 saturated heterocycles. The van der Waals surface area contributed by atoms with Crippen LogP contribution in [0.5, 0.6) is 0 Å². The van der Waals surface area contributed by atoms with Gasteiger partial charge >= 0.3 is 11.9 Å². The van der Waals surface area contributed by atoms with Crippen LogP contribution in [0.1, 0.15) is 16.1 Å². The molecule has 0 radical (unpaired) electrons. The predicted octanol–water partition coefficient (Wildman–Crippen LogP) is 1.11. The van der Waals surface area contributed by atoms with E-state index in [9.17, 15) is 9.59 Å². The highest BCUT2D eigenvalue weighted by atomic mass is 79.9. The van der Waals surface area contributed by atoms with Gasteiger partial charge in [0.15, 0.2) is 0 Å². The zero-order valence-corrected chi connectivity index (χ0v) is 8.91. The molecule has 1 heterocycles. The molecule has 0 unspecified atom stereocenters. The minimum absolute atomic E-state index is 0.00917. The molecule has 1 aromatic heterocycles. The van der Waals surface area contributed by atoms with Crippen LogP contribution in [0.25, 0.3) is 0 Å². The minimum Gasteiger partial charge on any atom is -0.481 e. The van der Waals surface area contributed by atoms with Gasteiger partial charge in [0.25, 0.3) is 0 Å². The number of nitrogens with zero attached hydrogens (tertiary/aromatic N) is 1. The third kappa shape index (κ3) is 1.95. The second-order valence-corrected chi connectivity index (χ2v) is 3.64. The van der Waals surface area contributed by atoms with Crippen LogP contribution >= 0.6 is 15.9 Å². The Morgan fingerprint density at radius 2 is 2.07 bits per heavy atom. The van der Waals surface area contributed by atoms with E-state index in [0.29, 0.717) is 4.47 Å². The lowest BCUT2D eigenvalue weighted by Gasteiger charge is -2.01. The van der Waals surface area contributed by atoms with Crippen LogP contribution in [0.2, 0.25) is 0 Å². The van der Waals surface area contributed by atoms with Crippen molar-refractivity contribution in [1.29, 1.82) is 0 Å². The number of aryl methyl sites for hydroxylation is 1. The highest BCUT2D eigenvalue weighted by molar-refractivity contribution is 9.10. The summed E-state index contributed by atoms with van der Waals surface area (Å²) in [7, 11) is 1.61. The van der Waals surface area contributed by atoms with Crippen molar-refractivity contribution in [3.05, 3.63) is 21.9 Å². The Bertz CT molecular complexity index is 396. The van der Waals surface area contributed by atoms with Crippen molar-refractivity contribution in [2.24, 2.45) is 7.05 Å². The molecular weight excluding hydrogens is 254 g/mol. The van der Waals surface area contributed by atoms with Crippen molar-refractivity contribution in [2.45, 2.75) is 6.42 Å². The third-order valence-corrected chi connectivity index (χ3v) is 2.39. The van der Waals surface area contributed by atoms with Gasteiger partial charge in [-0.1, -0.05) is 0 Å². The maximum Gasteiger partial charge on any atom is 0.338 e. The molecule has 2 N–H and O–H groups in total. The molecule has 6 heteroatoms. The van der Waals surface area contributed by atoms with Gasteiger partial charge in [-0.3, -0.25) is 4.79 Å². The number of rotatable bonds is 3. The second kappa shape index (κ2) is 3.83. The SMILES string of the molecule is Cn1cc(Br)c(C(=O)O)c1CC(=O)O. The van der Waals surface area contributed by atoms with E-state index in [2.05, 4.69) is 15.9 Å². The number of hydrogen-bond acceptors (Lipinski definition) is 2. The topological polar surface area (TPSA) is 79.5 Å². The van der Waals surface area contributed by atoms with Crippen molar-refractivity contribution in [3.8, 4) is 0 Å². The molecule has 0 fully saturated rings. The van der Waals surface area contributed by atoms with Gasteiger partial charge in [-0.2, -0.15) is 0 Å². The molecule has 14 heavy (non-hydrogen) atoms. The summed E-state index contributed by atoms with van der Waals surface area (Å²) in [5.74, 6) is -2.19. The van der Waals surface area contributed by atoms with E-state index in [1.165, 1.54) is 10.8 Å². The second-order valence-electron chi connectivity index (χ2n) is 2.79. The first-order valence-electron chi connectivity index (χ1n) is 3.72. The van der Waals surface area contributed by atoms with Crippen LogP contribution in [-0.2, 0) is 18.3 Å². The van der Waals surface area contributed by atoms with Crippen LogP contribution in [0.15, 0.2) is 10.7 Å². The van der Waals surface area contributed by atoms with E-state index >= 15 is 0 Å². The quantitative estimate of drug-likeness (QED) is 0.855. The van der Waals surface area contributed by atoms with Crippen LogP contribution in [-0.4, -0.2) is 26.7 Å². The van der Waals surface area contributed by atoms with Crippen LogP contribution in [0, 0.1) is 0 Å². The molecule has 0 aromatic carbocycles. The molecule has 0 aliphatic heterocycles. The van der Waals surface area contributed by atoms with Gasteiger partial charge in [0, 0.05) is 18.9 Å². The Kier molecular flexibility index (Phi) is 2.95. The molecule has 1 rings (SSSR count). The van der Waals surface area contributed by atoms with Gasteiger partial charge in [0.05, 0.1) is 16.5 Å². The number of aromatic nitrogens is 1. The van der Waals surface area contributed by atoms with Gasteiger partial charge < -0.3 is 14.8 Å². The fourth-order valence-corrected chi connectivity index (χ4v) is 1.91. The molecule has 1 aromatic rings. The molecule has 76 valence electrons. The zero-order chi connectivity index (χ0) is 10.9. The molecular formula is C8H8BrNO4. The number of aromatic carboxylic acids is 1. The normalized spacial score (nSPS) is 10.1. The van der Waals surface area contributed by atoms with E-state index in [0.717, 1.165) is 0 Å². The summed E-state index contributed by atoms with van der Waals surface area (Å²) >= 11 is 3.06. The number of carbonyl (C=O) groups is 2. The van der Waals surface area contributed by atoms with Gasteiger partial charge in [-0.25, -0.2) is 4.79 Å². The van der Waals surface area contributed by atoms with Crippen molar-refractivity contribution in [1.82, 2.24) is 4.57 Å². The van der Waals surface area contributed by atoms with Gasteiger partial charge in [0.1, 0.15) is 0 Å². The monoisotopic (exact) mass is 261 g/mol. The summed E-state index contributed by atoms with van der Waals surface area (Å²) in [6, 6.07) is 0. The van der Waals surface area contributed by atoms with Crippen LogP contribution in [0.3, 0.4) is 0 Å². The average Bonchev–Trinajstić information content (AvgIpc) is 2.25. The van der Waals surface area contributed by atoms with Crippen molar-refractivity contribution in [3.63, 3.8) is 0 Å². The zero-order valence-electron chi connectivity index (χ0n) is 7.32. The Balaban J connectivity index is 3.24. The number of carboxylic acids is 2. The van der Waals surface area contributed by atoms with Gasteiger partial charge in [-0.05, 0) is 15.9 Å². The summed E-state index contributed by atoms with van der Waals surface area (Å²) in [5.41, 5.74) is 0.284. The van der Waals surface area contributed by atoms with E-state index in [4.69, 9.17) is 10.2 Å². The van der Waals surface area contributed by atoms with Crippen molar-refractivity contribution >= 4 is 27.9 Å². The summed E-state index contributed by atoms with van der Waals surface area (Å²) < 4.78 is 1.88. The highest BCUT2D eigenvalue weighted by Gasteiger charge is 2.20. The van der Waals surface area contributed by atoms with Crippen LogP contribution in [0.4, 0.5) is 0 Å². The maximum atomic E-state index is 10.8. The fourth-order valence-electron chi connectivity index (χ4n) is 1.21. The Morgan fingerprint density at radius 1 is 1.50 bits per heavy atom. The fraction of sp³-hybridized carbons (Fsp3) is 0.250. The van der Waals surface area contributed by atoms with Crippen molar-refractivity contribution in [2.75, 3.05) is 0 Å². The Morgan fingerprint density at radius 3 is 2.50 bits per heavy atom. The Labute approximate surface area is 88.1 Å². The molecule has 0 aliphatic carbocycles. The van der Waals surface area contributed by atoms with Crippen molar-refractivity contribution < 1.29 is 19.8 Å². The molecule has 0 bridgehead atoms. The van der Waals surface area contributed by atoms with E-state index in [1.54, 1.807) is 7.05 Å². The lowest BCUT2D eigenvalue weighted by Crippen LogP contribution is -2.10. The van der Waals surface area contributed by atoms with Crippen LogP contribution < -0.4 is 0 Å². The number of carboxylic acid groups (broad SMARTS) is 2. The largest absolute Gasteiger partial charge is 0.481 e. The smallest absolute Gasteiger partial charge is 0.338 e.